The molecule has 0 fully saturated rings. The minimum atomic E-state index is -4.62. The lowest BCUT2D eigenvalue weighted by atomic mass is 9.96. The van der Waals surface area contributed by atoms with Crippen LogP contribution in [0, 0.1) is 56.7 Å². The highest BCUT2D eigenvalue weighted by molar-refractivity contribution is 6.13. The highest BCUT2D eigenvalue weighted by atomic mass is 19.4. The van der Waals surface area contributed by atoms with E-state index in [2.05, 4.69) is 39.5 Å². The summed E-state index contributed by atoms with van der Waals surface area (Å²) in [5.41, 5.74) is 8.45. The molecule has 2 aromatic heterocycles. The first kappa shape index (κ1) is 38.8. The average Bonchev–Trinajstić information content (AvgIpc) is 3.84. The van der Waals surface area contributed by atoms with Crippen molar-refractivity contribution in [2.75, 3.05) is 0 Å². The summed E-state index contributed by atoms with van der Waals surface area (Å²) < 4.78 is 46.7. The van der Waals surface area contributed by atoms with E-state index < -0.39 is 11.7 Å². The summed E-state index contributed by atoms with van der Waals surface area (Å²) in [6.07, 6.45) is -4.62. The standard InChI is InChI=1S/C54H26F3N7/c55-54(56,57)42-7-5-6-38(22-42)45-26-53(64-49-11-4-2-9-44(49)47-24-37(13-15-51(47)64)40-20-34(29-60)17-35(21-40)30-61)52(25-41(45)31-62)63-48-10-3-1-8-43(48)46-23-36(12-14-50(46)63)39-18-32(27-58)16-33(19-39)28-59/h1-26H. The summed E-state index contributed by atoms with van der Waals surface area (Å²) >= 11 is 0. The van der Waals surface area contributed by atoms with Crippen molar-refractivity contribution in [3.63, 3.8) is 0 Å². The van der Waals surface area contributed by atoms with Crippen LogP contribution in [0.25, 0.3) is 88.4 Å². The van der Waals surface area contributed by atoms with Crippen LogP contribution in [-0.4, -0.2) is 9.13 Å². The van der Waals surface area contributed by atoms with Gasteiger partial charge in [-0.1, -0.05) is 60.7 Å². The van der Waals surface area contributed by atoms with Gasteiger partial charge >= 0.3 is 6.18 Å². The molecule has 8 aromatic carbocycles. The fraction of sp³-hybridized carbons (Fsp3) is 0.0185. The third kappa shape index (κ3) is 6.34. The highest BCUT2D eigenvalue weighted by Gasteiger charge is 2.31. The van der Waals surface area contributed by atoms with Crippen LogP contribution in [0.2, 0.25) is 0 Å². The highest BCUT2D eigenvalue weighted by Crippen LogP contribution is 2.43. The number of para-hydroxylation sites is 2. The number of fused-ring (bicyclic) bond motifs is 6. The average molecular weight is 830 g/mol. The van der Waals surface area contributed by atoms with Crippen molar-refractivity contribution in [2.45, 2.75) is 6.18 Å². The number of rotatable bonds is 5. The Morgan fingerprint density at radius 2 is 0.812 bits per heavy atom. The molecule has 0 aliphatic carbocycles. The van der Waals surface area contributed by atoms with Crippen LogP contribution >= 0.6 is 0 Å². The molecule has 0 atom stereocenters. The van der Waals surface area contributed by atoms with Gasteiger partial charge in [0.05, 0.1) is 97.2 Å². The van der Waals surface area contributed by atoms with Crippen molar-refractivity contribution in [2.24, 2.45) is 0 Å². The van der Waals surface area contributed by atoms with Crippen molar-refractivity contribution >= 4 is 43.6 Å². The van der Waals surface area contributed by atoms with E-state index in [9.17, 15) is 39.5 Å². The van der Waals surface area contributed by atoms with Gasteiger partial charge in [-0.3, -0.25) is 0 Å². The van der Waals surface area contributed by atoms with Gasteiger partial charge < -0.3 is 9.13 Å². The van der Waals surface area contributed by atoms with E-state index in [-0.39, 0.29) is 11.1 Å². The Kier molecular flexibility index (Phi) is 9.06. The minimum absolute atomic E-state index is 0.159. The van der Waals surface area contributed by atoms with Gasteiger partial charge in [-0.25, -0.2) is 0 Å². The number of nitrogens with zero attached hydrogens (tertiary/aromatic N) is 7. The molecule has 0 spiro atoms. The zero-order chi connectivity index (χ0) is 44.3. The summed E-state index contributed by atoms with van der Waals surface area (Å²) in [6.45, 7) is 0. The zero-order valence-corrected chi connectivity index (χ0v) is 33.3. The summed E-state index contributed by atoms with van der Waals surface area (Å²) in [5.74, 6) is 0. The van der Waals surface area contributed by atoms with Crippen molar-refractivity contribution in [3.05, 3.63) is 191 Å². The Bertz CT molecular complexity index is 3790. The molecule has 7 nitrogen and oxygen atoms in total. The maximum absolute atomic E-state index is 14.2. The summed E-state index contributed by atoms with van der Waals surface area (Å²) in [4.78, 5) is 0. The molecule has 0 aliphatic heterocycles. The van der Waals surface area contributed by atoms with Crippen molar-refractivity contribution in [3.8, 4) is 75.1 Å². The molecule has 298 valence electrons. The second-order valence-electron chi connectivity index (χ2n) is 15.3. The Morgan fingerprint density at radius 1 is 0.359 bits per heavy atom. The van der Waals surface area contributed by atoms with Gasteiger partial charge in [-0.2, -0.15) is 39.5 Å². The molecule has 0 amide bonds. The van der Waals surface area contributed by atoms with Crippen LogP contribution in [0.15, 0.2) is 158 Å². The smallest absolute Gasteiger partial charge is 0.307 e. The SMILES string of the molecule is N#Cc1cc(C#N)cc(-c2ccc3c(c2)c2ccccc2n3-c2cc(C#N)c(-c3cccc(C(F)(F)F)c3)cc2-n2c3ccccc3c3cc(-c4cc(C#N)cc(C#N)c4)ccc32)c1. The largest absolute Gasteiger partial charge is 0.416 e. The molecular formula is C54H26F3N7. The van der Waals surface area contributed by atoms with Crippen LogP contribution in [-0.2, 0) is 6.18 Å². The van der Waals surface area contributed by atoms with Crippen molar-refractivity contribution < 1.29 is 13.2 Å². The van der Waals surface area contributed by atoms with Crippen LogP contribution < -0.4 is 0 Å². The van der Waals surface area contributed by atoms with E-state index in [0.717, 1.165) is 66.9 Å². The third-order valence-corrected chi connectivity index (χ3v) is 11.6. The predicted octanol–water partition coefficient (Wildman–Crippen LogP) is 13.3. The Morgan fingerprint density at radius 3 is 1.27 bits per heavy atom. The van der Waals surface area contributed by atoms with E-state index in [1.54, 1.807) is 42.5 Å². The lowest BCUT2D eigenvalue weighted by Gasteiger charge is -2.20. The van der Waals surface area contributed by atoms with Gasteiger partial charge in [-0.15, -0.1) is 0 Å². The first-order valence-electron chi connectivity index (χ1n) is 19.8. The molecule has 0 bridgehead atoms. The second-order valence-corrected chi connectivity index (χ2v) is 15.3. The molecule has 0 saturated heterocycles. The van der Waals surface area contributed by atoms with E-state index in [4.69, 9.17) is 0 Å². The maximum atomic E-state index is 14.2. The van der Waals surface area contributed by atoms with Crippen LogP contribution in [0.5, 0.6) is 0 Å². The molecular weight excluding hydrogens is 804 g/mol. The van der Waals surface area contributed by atoms with E-state index in [1.165, 1.54) is 18.2 Å². The van der Waals surface area contributed by atoms with Gasteiger partial charge in [0.25, 0.3) is 0 Å². The first-order valence-corrected chi connectivity index (χ1v) is 19.8. The summed E-state index contributed by atoms with van der Waals surface area (Å²) in [7, 11) is 0. The molecule has 0 saturated carbocycles. The minimum Gasteiger partial charge on any atom is -0.307 e. The van der Waals surface area contributed by atoms with Gasteiger partial charge in [0.2, 0.25) is 0 Å². The second kappa shape index (κ2) is 14.9. The topological polar surface area (TPSA) is 129 Å². The molecule has 0 unspecified atom stereocenters. The fourth-order valence-electron chi connectivity index (χ4n) is 8.80. The van der Waals surface area contributed by atoms with E-state index in [0.29, 0.717) is 50.3 Å². The molecule has 10 aromatic rings. The lowest BCUT2D eigenvalue weighted by molar-refractivity contribution is -0.137. The molecule has 64 heavy (non-hydrogen) atoms. The number of hydrogen-bond acceptors (Lipinski definition) is 5. The number of nitriles is 5. The first-order chi connectivity index (χ1) is 31.1. The molecule has 0 N–H and O–H groups in total. The summed E-state index contributed by atoms with van der Waals surface area (Å²) in [6, 6.07) is 56.7. The number of hydrogen-bond donors (Lipinski definition) is 0. The van der Waals surface area contributed by atoms with Gasteiger partial charge in [0.1, 0.15) is 0 Å². The van der Waals surface area contributed by atoms with Crippen molar-refractivity contribution in [1.29, 1.82) is 26.3 Å². The lowest BCUT2D eigenvalue weighted by Crippen LogP contribution is -2.06. The zero-order valence-electron chi connectivity index (χ0n) is 33.3. The maximum Gasteiger partial charge on any atom is 0.416 e. The van der Waals surface area contributed by atoms with Crippen molar-refractivity contribution in [1.82, 2.24) is 9.13 Å². The third-order valence-electron chi connectivity index (χ3n) is 11.6. The number of benzene rings is 8. The number of alkyl halides is 3. The van der Waals surface area contributed by atoms with Gasteiger partial charge in [-0.05, 0) is 125 Å². The Labute approximate surface area is 363 Å². The van der Waals surface area contributed by atoms with Crippen LogP contribution in [0.3, 0.4) is 0 Å². The summed E-state index contributed by atoms with van der Waals surface area (Å²) in [5, 5.41) is 53.2. The van der Waals surface area contributed by atoms with Crippen LogP contribution in [0.1, 0.15) is 33.4 Å². The van der Waals surface area contributed by atoms with Gasteiger partial charge in [0, 0.05) is 27.1 Å². The predicted molar refractivity (Wildman–Crippen MR) is 240 cm³/mol. The number of aromatic nitrogens is 2. The molecule has 0 radical (unpaired) electrons. The molecule has 10 rings (SSSR count). The van der Waals surface area contributed by atoms with Crippen LogP contribution in [0.4, 0.5) is 13.2 Å². The molecule has 10 heteroatoms. The normalized spacial score (nSPS) is 11.3. The van der Waals surface area contributed by atoms with E-state index in [1.807, 2.05) is 84.9 Å². The van der Waals surface area contributed by atoms with E-state index >= 15 is 0 Å². The molecule has 0 aliphatic rings. The number of halogens is 3. The quantitative estimate of drug-likeness (QED) is 0.171. The Hall–Kier alpha value is -9.40. The monoisotopic (exact) mass is 829 g/mol. The van der Waals surface area contributed by atoms with Gasteiger partial charge in [0.15, 0.2) is 0 Å². The Balaban J connectivity index is 1.30. The fourth-order valence-corrected chi connectivity index (χ4v) is 8.80. The molecule has 2 heterocycles.